The van der Waals surface area contributed by atoms with Crippen LogP contribution in [0.4, 0.5) is 17.6 Å². The van der Waals surface area contributed by atoms with Gasteiger partial charge in [-0.2, -0.15) is 17.2 Å². The third kappa shape index (κ3) is 7.70. The third-order valence-electron chi connectivity index (χ3n) is 8.33. The highest BCUT2D eigenvalue weighted by Gasteiger charge is 2.35. The summed E-state index contributed by atoms with van der Waals surface area (Å²) in [6.45, 7) is 9.41. The molecule has 0 spiro atoms. The highest BCUT2D eigenvalue weighted by atomic mass is 32.2. The van der Waals surface area contributed by atoms with Gasteiger partial charge < -0.3 is 9.84 Å². The lowest BCUT2D eigenvalue weighted by Gasteiger charge is -2.24. The van der Waals surface area contributed by atoms with Crippen molar-refractivity contribution in [2.75, 3.05) is 0 Å². The van der Waals surface area contributed by atoms with Gasteiger partial charge in [0, 0.05) is 6.07 Å². The second-order valence-corrected chi connectivity index (χ2v) is 16.1. The quantitative estimate of drug-likeness (QED) is 0.0613. The van der Waals surface area contributed by atoms with Crippen molar-refractivity contribution >= 4 is 21.0 Å². The predicted octanol–water partition coefficient (Wildman–Crippen LogP) is 10.7. The lowest BCUT2D eigenvalue weighted by Crippen LogP contribution is -2.12. The van der Waals surface area contributed by atoms with Crippen molar-refractivity contribution in [2.24, 2.45) is 0 Å². The lowest BCUT2D eigenvalue weighted by molar-refractivity contribution is 0.342. The number of rotatable bonds is 11. The summed E-state index contributed by atoms with van der Waals surface area (Å²) in [6.07, 6.45) is 0.631. The van der Waals surface area contributed by atoms with Crippen LogP contribution in [0.15, 0.2) is 111 Å². The number of aromatic hydroxyl groups is 1. The standard InChI is InChI=1S/C39H36F4O5S2/c1-22(2)31-19-26(20-32(23(3)4)37(31)48-38-33(40)35(42)39(50(45,46)47)36(43)34(38)41)24(5)17-25-11-9-15-29(18-25)49(28-13-7-6-8-14-28)30-16-10-12-27(44)21-30/h6-16,18-24H,17H2,1-5H3,(H-,44,45,46,47)/p+1. The molecule has 262 valence electrons. The van der Waals surface area contributed by atoms with Crippen LogP contribution in [0, 0.1) is 23.3 Å². The molecular weight excluding hydrogens is 689 g/mol. The molecule has 2 atom stereocenters. The second kappa shape index (κ2) is 14.9. The molecule has 0 aliphatic carbocycles. The maximum atomic E-state index is 15.1. The normalized spacial score (nSPS) is 13.1. The molecule has 0 saturated carbocycles. The number of phenols is 1. The topological polar surface area (TPSA) is 83.8 Å². The van der Waals surface area contributed by atoms with Gasteiger partial charge in [0.05, 0.1) is 10.9 Å². The van der Waals surface area contributed by atoms with Gasteiger partial charge >= 0.3 is 10.1 Å². The Kier molecular flexibility index (Phi) is 11.0. The molecule has 0 radical (unpaired) electrons. The van der Waals surface area contributed by atoms with Crippen molar-refractivity contribution in [3.05, 3.63) is 137 Å². The Morgan fingerprint density at radius 2 is 1.18 bits per heavy atom. The number of ether oxygens (including phenoxy) is 1. The molecule has 50 heavy (non-hydrogen) atoms. The number of benzene rings is 5. The Hall–Kier alpha value is -4.32. The highest BCUT2D eigenvalue weighted by molar-refractivity contribution is 7.97. The van der Waals surface area contributed by atoms with Crippen molar-refractivity contribution in [3.63, 3.8) is 0 Å². The van der Waals surface area contributed by atoms with Crippen LogP contribution in [-0.4, -0.2) is 18.1 Å². The van der Waals surface area contributed by atoms with Gasteiger partial charge in [-0.25, -0.2) is 8.78 Å². The van der Waals surface area contributed by atoms with Crippen molar-refractivity contribution in [1.29, 1.82) is 0 Å². The Balaban J connectivity index is 1.54. The van der Waals surface area contributed by atoms with E-state index in [1.54, 1.807) is 12.1 Å². The van der Waals surface area contributed by atoms with E-state index in [2.05, 4.69) is 31.2 Å². The van der Waals surface area contributed by atoms with E-state index in [0.717, 1.165) is 25.8 Å². The molecule has 0 saturated heterocycles. The van der Waals surface area contributed by atoms with Gasteiger partial charge in [-0.1, -0.05) is 83.1 Å². The number of phenolic OH excluding ortho intramolecular Hbond substituents is 1. The molecule has 5 rings (SSSR count). The molecule has 5 aromatic rings. The van der Waals surface area contributed by atoms with Gasteiger partial charge in [-0.15, -0.1) is 0 Å². The summed E-state index contributed by atoms with van der Waals surface area (Å²) in [4.78, 5) is 1.02. The van der Waals surface area contributed by atoms with E-state index >= 15 is 8.78 Å². The van der Waals surface area contributed by atoms with E-state index in [1.165, 1.54) is 0 Å². The highest BCUT2D eigenvalue weighted by Crippen LogP contribution is 2.43. The smallest absolute Gasteiger partial charge is 0.300 e. The van der Waals surface area contributed by atoms with Crippen molar-refractivity contribution in [1.82, 2.24) is 0 Å². The van der Waals surface area contributed by atoms with Crippen molar-refractivity contribution in [2.45, 2.75) is 78.4 Å². The Morgan fingerprint density at radius 1 is 0.660 bits per heavy atom. The zero-order chi connectivity index (χ0) is 36.5. The Morgan fingerprint density at radius 3 is 1.70 bits per heavy atom. The second-order valence-electron chi connectivity index (χ2n) is 12.7. The molecule has 0 fully saturated rings. The lowest BCUT2D eigenvalue weighted by atomic mass is 9.86. The molecule has 11 heteroatoms. The SMILES string of the molecule is CC(C)c1cc(C(C)Cc2cccc([S+](c3ccccc3)c3cccc(O)c3)c2)cc(C(C)C)c1Oc1c(F)c(F)c(S(=O)(=O)O)c(F)c1F. The Labute approximate surface area is 292 Å². The first kappa shape index (κ1) is 36.9. The average molecular weight is 726 g/mol. The molecule has 0 bridgehead atoms. The molecular formula is C39H37F4O5S2+. The van der Waals surface area contributed by atoms with Gasteiger partial charge in [0.2, 0.25) is 17.4 Å². The first-order valence-corrected chi connectivity index (χ1v) is 18.6. The summed E-state index contributed by atoms with van der Waals surface area (Å²) >= 11 is 0. The van der Waals surface area contributed by atoms with Crippen LogP contribution in [0.1, 0.15) is 74.6 Å². The predicted molar refractivity (Wildman–Crippen MR) is 186 cm³/mol. The largest absolute Gasteiger partial charge is 0.508 e. The molecule has 5 aromatic carbocycles. The van der Waals surface area contributed by atoms with Gasteiger partial charge in [-0.3, -0.25) is 4.55 Å². The van der Waals surface area contributed by atoms with E-state index in [9.17, 15) is 22.3 Å². The molecule has 0 heterocycles. The number of hydrogen-bond donors (Lipinski definition) is 2. The van der Waals surface area contributed by atoms with E-state index in [4.69, 9.17) is 9.29 Å². The fourth-order valence-corrected chi connectivity index (χ4v) is 8.63. The average Bonchev–Trinajstić information content (AvgIpc) is 3.05. The minimum Gasteiger partial charge on any atom is -0.508 e. The van der Waals surface area contributed by atoms with Gasteiger partial charge in [0.25, 0.3) is 0 Å². The zero-order valence-electron chi connectivity index (χ0n) is 28.0. The van der Waals surface area contributed by atoms with Crippen LogP contribution in [0.2, 0.25) is 0 Å². The monoisotopic (exact) mass is 725 g/mol. The fourth-order valence-electron chi connectivity index (χ4n) is 5.81. The van der Waals surface area contributed by atoms with Crippen LogP contribution in [0.3, 0.4) is 0 Å². The number of hydrogen-bond acceptors (Lipinski definition) is 4. The van der Waals surface area contributed by atoms with Gasteiger partial charge in [-0.05, 0) is 82.8 Å². The van der Waals surface area contributed by atoms with Gasteiger partial charge in [0.1, 0.15) is 11.5 Å². The van der Waals surface area contributed by atoms with E-state index in [0.29, 0.717) is 17.5 Å². The van der Waals surface area contributed by atoms with Crippen LogP contribution >= 0.6 is 0 Å². The molecule has 0 aromatic heterocycles. The van der Waals surface area contributed by atoms with Gasteiger partial charge in [0.15, 0.2) is 31.2 Å². The van der Waals surface area contributed by atoms with E-state index < -0.39 is 54.9 Å². The molecule has 2 N–H and O–H groups in total. The summed E-state index contributed by atoms with van der Waals surface area (Å²) in [6, 6.07) is 29.3. The fraction of sp³-hybridized carbons (Fsp3) is 0.231. The van der Waals surface area contributed by atoms with E-state index in [-0.39, 0.29) is 29.3 Å². The summed E-state index contributed by atoms with van der Waals surface area (Å²) in [5.41, 5.74) is 3.03. The first-order chi connectivity index (χ1) is 23.6. The van der Waals surface area contributed by atoms with Crippen LogP contribution in [0.25, 0.3) is 0 Å². The minimum absolute atomic E-state index is 0.00201. The Bertz CT molecular complexity index is 2080. The van der Waals surface area contributed by atoms with Crippen molar-refractivity contribution < 1.29 is 40.4 Å². The molecule has 0 aliphatic heterocycles. The maximum Gasteiger partial charge on any atom is 0.300 e. The molecule has 5 nitrogen and oxygen atoms in total. The molecule has 0 aliphatic rings. The maximum absolute atomic E-state index is 15.1. The number of halogens is 4. The summed E-state index contributed by atoms with van der Waals surface area (Å²) < 4.78 is 97.2. The summed E-state index contributed by atoms with van der Waals surface area (Å²) in [5, 5.41) is 10.3. The third-order valence-corrected chi connectivity index (χ3v) is 11.4. The summed E-state index contributed by atoms with van der Waals surface area (Å²) in [7, 11) is -6.11. The van der Waals surface area contributed by atoms with E-state index in [1.807, 2.05) is 82.3 Å². The van der Waals surface area contributed by atoms with Crippen molar-refractivity contribution in [3.8, 4) is 17.2 Å². The zero-order valence-corrected chi connectivity index (χ0v) is 29.7. The van der Waals surface area contributed by atoms with Crippen LogP contribution < -0.4 is 4.74 Å². The van der Waals surface area contributed by atoms with Crippen LogP contribution in [0.5, 0.6) is 17.2 Å². The first-order valence-electron chi connectivity index (χ1n) is 15.9. The molecule has 2 unspecified atom stereocenters. The molecule has 0 amide bonds. The summed E-state index contributed by atoms with van der Waals surface area (Å²) in [5.74, 6) is -10.6. The minimum atomic E-state index is -5.62. The van der Waals surface area contributed by atoms with Crippen LogP contribution in [-0.2, 0) is 27.4 Å².